The van der Waals surface area contributed by atoms with Gasteiger partial charge in [-0.05, 0) is 43.3 Å². The van der Waals surface area contributed by atoms with Crippen LogP contribution in [0.2, 0.25) is 5.02 Å². The van der Waals surface area contributed by atoms with Crippen LogP contribution in [0.15, 0.2) is 46.4 Å². The topological polar surface area (TPSA) is 112 Å². The summed E-state index contributed by atoms with van der Waals surface area (Å²) in [7, 11) is 0.401. The van der Waals surface area contributed by atoms with Crippen LogP contribution in [0.1, 0.15) is 17.3 Å². The van der Waals surface area contributed by atoms with Crippen LogP contribution in [0.4, 0.5) is 11.4 Å². The van der Waals surface area contributed by atoms with Crippen molar-refractivity contribution >= 4 is 45.2 Å². The molecule has 2 aromatic carbocycles. The molecule has 0 heterocycles. The number of ether oxygens (including phenoxy) is 1. The van der Waals surface area contributed by atoms with Crippen LogP contribution in [0.25, 0.3) is 0 Å². The van der Waals surface area contributed by atoms with E-state index in [1.807, 2.05) is 0 Å². The first-order valence-electron chi connectivity index (χ1n) is 8.30. The Hall–Kier alpha value is -2.82. The summed E-state index contributed by atoms with van der Waals surface area (Å²) in [5.41, 5.74) is 3.24. The number of hydrazone groups is 1. The van der Waals surface area contributed by atoms with Gasteiger partial charge in [0.2, 0.25) is 10.0 Å². The van der Waals surface area contributed by atoms with Crippen molar-refractivity contribution in [1.82, 2.24) is 4.31 Å². The quantitative estimate of drug-likeness (QED) is 0.479. The molecular formula is C18H21ClN4O5S. The molecule has 0 spiro atoms. The maximum Gasteiger partial charge on any atom is 0.338 e. The van der Waals surface area contributed by atoms with Gasteiger partial charge in [0.15, 0.2) is 0 Å². The van der Waals surface area contributed by atoms with E-state index in [-0.39, 0.29) is 16.1 Å². The summed E-state index contributed by atoms with van der Waals surface area (Å²) in [5, 5.41) is 15.4. The molecular weight excluding hydrogens is 420 g/mol. The van der Waals surface area contributed by atoms with E-state index < -0.39 is 16.0 Å². The van der Waals surface area contributed by atoms with Gasteiger partial charge in [-0.15, -0.1) is 0 Å². The SMILES string of the molecule is CC=NN(Nc1cc(Cl)ccc1OC)c1ccc(S(=O)(=O)N(C)C)cc1C(=O)O. The Morgan fingerprint density at radius 2 is 1.93 bits per heavy atom. The molecule has 11 heteroatoms. The normalized spacial score (nSPS) is 11.7. The minimum Gasteiger partial charge on any atom is -0.495 e. The van der Waals surface area contributed by atoms with Crippen LogP contribution in [-0.4, -0.2) is 51.2 Å². The summed E-state index contributed by atoms with van der Waals surface area (Å²) in [4.78, 5) is 11.7. The number of halogens is 1. The Balaban J connectivity index is 2.59. The Kier molecular flexibility index (Phi) is 7.07. The Morgan fingerprint density at radius 3 is 2.48 bits per heavy atom. The van der Waals surface area contributed by atoms with E-state index in [1.54, 1.807) is 25.1 Å². The number of carboxylic acid groups (broad SMARTS) is 1. The number of aromatic carboxylic acids is 1. The highest BCUT2D eigenvalue weighted by molar-refractivity contribution is 7.89. The van der Waals surface area contributed by atoms with Crippen LogP contribution in [-0.2, 0) is 10.0 Å². The van der Waals surface area contributed by atoms with Gasteiger partial charge in [0, 0.05) is 25.3 Å². The number of hydrogen-bond acceptors (Lipinski definition) is 7. The highest BCUT2D eigenvalue weighted by Gasteiger charge is 2.23. The fourth-order valence-electron chi connectivity index (χ4n) is 2.39. The van der Waals surface area contributed by atoms with Gasteiger partial charge >= 0.3 is 5.97 Å². The predicted molar refractivity (Wildman–Crippen MR) is 113 cm³/mol. The summed E-state index contributed by atoms with van der Waals surface area (Å²) < 4.78 is 31.0. The molecule has 2 rings (SSSR count). The van der Waals surface area contributed by atoms with Crippen molar-refractivity contribution in [3.8, 4) is 5.75 Å². The minimum absolute atomic E-state index is 0.121. The predicted octanol–water partition coefficient (Wildman–Crippen LogP) is 3.14. The molecule has 0 aromatic heterocycles. The van der Waals surface area contributed by atoms with Gasteiger partial charge in [0.05, 0.1) is 28.9 Å². The number of nitrogens with one attached hydrogen (secondary N) is 1. The van der Waals surface area contributed by atoms with Gasteiger partial charge < -0.3 is 9.84 Å². The number of carbonyl (C=O) groups is 1. The van der Waals surface area contributed by atoms with Crippen LogP contribution in [0.5, 0.6) is 5.75 Å². The molecule has 0 saturated carbocycles. The first-order chi connectivity index (χ1) is 13.6. The Bertz CT molecular complexity index is 1040. The number of hydrogen-bond donors (Lipinski definition) is 2. The summed E-state index contributed by atoms with van der Waals surface area (Å²) in [6, 6.07) is 8.63. The zero-order chi connectivity index (χ0) is 21.8. The van der Waals surface area contributed by atoms with E-state index in [0.717, 1.165) is 10.4 Å². The summed E-state index contributed by atoms with van der Waals surface area (Å²) in [6.45, 7) is 1.65. The largest absolute Gasteiger partial charge is 0.495 e. The maximum atomic E-state index is 12.4. The van der Waals surface area contributed by atoms with Crippen LogP contribution < -0.4 is 15.3 Å². The van der Waals surface area contributed by atoms with E-state index in [2.05, 4.69) is 10.5 Å². The van der Waals surface area contributed by atoms with Crippen LogP contribution in [0.3, 0.4) is 0 Å². The molecule has 0 saturated heterocycles. The lowest BCUT2D eigenvalue weighted by Gasteiger charge is -2.24. The molecule has 9 nitrogen and oxygen atoms in total. The molecule has 29 heavy (non-hydrogen) atoms. The average Bonchev–Trinajstić information content (AvgIpc) is 2.67. The molecule has 0 amide bonds. The summed E-state index contributed by atoms with van der Waals surface area (Å²) in [6.07, 6.45) is 1.44. The lowest BCUT2D eigenvalue weighted by Crippen LogP contribution is -2.27. The number of rotatable bonds is 8. The van der Waals surface area contributed by atoms with Gasteiger partial charge in [-0.3, -0.25) is 5.43 Å². The summed E-state index contributed by atoms with van der Waals surface area (Å²) >= 11 is 6.04. The highest BCUT2D eigenvalue weighted by Crippen LogP contribution is 2.31. The number of hydrazine groups is 1. The van der Waals surface area contributed by atoms with Crippen molar-refractivity contribution in [2.24, 2.45) is 5.10 Å². The third-order valence-corrected chi connectivity index (χ3v) is 5.87. The number of benzene rings is 2. The zero-order valence-corrected chi connectivity index (χ0v) is 17.8. The third-order valence-electron chi connectivity index (χ3n) is 3.82. The smallest absolute Gasteiger partial charge is 0.338 e. The van der Waals surface area contributed by atoms with Crippen molar-refractivity contribution < 1.29 is 23.1 Å². The standard InChI is InChI=1S/C18H21ClN4O5S/c1-5-20-23(21-15-10-12(19)6-9-17(15)28-4)16-8-7-13(11-14(16)18(24)25)29(26,27)22(2)3/h5-11,21H,1-4H3,(H,24,25). The lowest BCUT2D eigenvalue weighted by molar-refractivity contribution is 0.0697. The van der Waals surface area contributed by atoms with Crippen molar-refractivity contribution in [1.29, 1.82) is 0 Å². The summed E-state index contributed by atoms with van der Waals surface area (Å²) in [5.74, 6) is -0.860. The van der Waals surface area contributed by atoms with E-state index >= 15 is 0 Å². The molecule has 0 atom stereocenters. The molecule has 0 aliphatic carbocycles. The zero-order valence-electron chi connectivity index (χ0n) is 16.2. The van der Waals surface area contributed by atoms with E-state index in [1.165, 1.54) is 44.7 Å². The Morgan fingerprint density at radius 1 is 1.24 bits per heavy atom. The molecule has 0 fully saturated rings. The van der Waals surface area contributed by atoms with E-state index in [9.17, 15) is 18.3 Å². The third kappa shape index (κ3) is 4.97. The van der Waals surface area contributed by atoms with Gasteiger partial charge in [-0.1, -0.05) is 11.6 Å². The van der Waals surface area contributed by atoms with Crippen molar-refractivity contribution in [2.45, 2.75) is 11.8 Å². The van der Waals surface area contributed by atoms with Crippen LogP contribution in [0, 0.1) is 0 Å². The number of methoxy groups -OCH3 is 1. The minimum atomic E-state index is -3.81. The van der Waals surface area contributed by atoms with Gasteiger partial charge in [0.25, 0.3) is 0 Å². The number of nitrogens with zero attached hydrogens (tertiary/aromatic N) is 3. The molecule has 2 N–H and O–H groups in total. The van der Waals surface area contributed by atoms with E-state index in [4.69, 9.17) is 16.3 Å². The van der Waals surface area contributed by atoms with Crippen LogP contribution >= 0.6 is 11.6 Å². The number of carboxylic acids is 1. The second kappa shape index (κ2) is 9.12. The average molecular weight is 441 g/mol. The van der Waals surface area contributed by atoms with Crippen molar-refractivity contribution in [3.63, 3.8) is 0 Å². The molecule has 0 unspecified atom stereocenters. The van der Waals surface area contributed by atoms with Gasteiger partial charge in [0.1, 0.15) is 5.75 Å². The first-order valence-corrected chi connectivity index (χ1v) is 10.1. The number of sulfonamides is 1. The Labute approximate surface area is 174 Å². The van der Waals surface area contributed by atoms with Gasteiger partial charge in [-0.2, -0.15) is 10.2 Å². The first kappa shape index (κ1) is 22.5. The van der Waals surface area contributed by atoms with Crippen molar-refractivity contribution in [2.75, 3.05) is 31.7 Å². The fourth-order valence-corrected chi connectivity index (χ4v) is 3.49. The molecule has 0 aliphatic rings. The highest BCUT2D eigenvalue weighted by atomic mass is 35.5. The lowest BCUT2D eigenvalue weighted by atomic mass is 10.2. The van der Waals surface area contributed by atoms with Crippen molar-refractivity contribution in [3.05, 3.63) is 47.0 Å². The molecule has 0 aliphatic heterocycles. The second-order valence-electron chi connectivity index (χ2n) is 5.91. The molecule has 0 radical (unpaired) electrons. The monoisotopic (exact) mass is 440 g/mol. The molecule has 156 valence electrons. The van der Waals surface area contributed by atoms with E-state index in [0.29, 0.717) is 16.5 Å². The molecule has 2 aromatic rings. The fraction of sp³-hybridized carbons (Fsp3) is 0.222. The van der Waals surface area contributed by atoms with Gasteiger partial charge in [-0.25, -0.2) is 17.5 Å². The second-order valence-corrected chi connectivity index (χ2v) is 8.50. The number of anilines is 2. The molecule has 0 bridgehead atoms. The maximum absolute atomic E-state index is 12.4.